The summed E-state index contributed by atoms with van der Waals surface area (Å²) in [6.45, 7) is 3.73. The lowest BCUT2D eigenvalue weighted by molar-refractivity contribution is -0.187. The monoisotopic (exact) mass is 430 g/mol. The normalized spacial score (nSPS) is 16.2. The predicted octanol–water partition coefficient (Wildman–Crippen LogP) is 5.99. The highest BCUT2D eigenvalue weighted by Gasteiger charge is 2.48. The molecule has 2 aromatic carbocycles. The number of halogens is 5. The molecule has 1 atom stereocenters. The van der Waals surface area contributed by atoms with Crippen LogP contribution >= 0.6 is 23.2 Å². The Kier molecular flexibility index (Phi) is 5.38. The smallest absolute Gasteiger partial charge is 0.430 e. The number of carboxylic acids is 1. The molecule has 28 heavy (non-hydrogen) atoms. The number of carbonyl (C=O) groups is 1. The molecule has 2 aromatic rings. The van der Waals surface area contributed by atoms with Crippen LogP contribution in [0.3, 0.4) is 0 Å². The number of benzene rings is 2. The number of ether oxygens (including phenoxy) is 1. The summed E-state index contributed by atoms with van der Waals surface area (Å²) in [7, 11) is 0. The minimum atomic E-state index is -4.86. The number of rotatable bonds is 3. The van der Waals surface area contributed by atoms with Crippen LogP contribution in [0.5, 0.6) is 5.75 Å². The van der Waals surface area contributed by atoms with Crippen LogP contribution in [-0.4, -0.2) is 23.4 Å². The molecule has 0 amide bonds. The topological polar surface area (TPSA) is 46.5 Å². The molecule has 0 radical (unpaired) electrons. The SMILES string of the molecule is Cc1ccc(Cc2cc3c(cc2Cl)C=C(C(=O)O)C(C(F)(F)F)O3)c(C)c1Cl. The van der Waals surface area contributed by atoms with Crippen molar-refractivity contribution >= 4 is 35.2 Å². The molecule has 1 aliphatic rings. The van der Waals surface area contributed by atoms with Gasteiger partial charge in [-0.15, -0.1) is 0 Å². The third-order valence-electron chi connectivity index (χ3n) is 4.63. The fourth-order valence-electron chi connectivity index (χ4n) is 3.07. The van der Waals surface area contributed by atoms with Crippen molar-refractivity contribution < 1.29 is 27.8 Å². The van der Waals surface area contributed by atoms with Crippen LogP contribution in [0.2, 0.25) is 10.0 Å². The Hall–Kier alpha value is -2.18. The lowest BCUT2D eigenvalue weighted by atomic mass is 9.95. The lowest BCUT2D eigenvalue weighted by Gasteiger charge is -2.27. The standard InChI is InChI=1S/C20H15Cl2F3O3/c1-9-3-4-11(10(2)17(9)22)5-12-8-16-13(7-15(12)21)6-14(19(26)27)18(28-16)20(23,24)25/h3-4,6-8,18H,5H2,1-2H3,(H,26,27). The number of fused-ring (bicyclic) bond motifs is 1. The van der Waals surface area contributed by atoms with E-state index in [-0.39, 0.29) is 11.3 Å². The summed E-state index contributed by atoms with van der Waals surface area (Å²) in [6, 6.07) is 6.56. The van der Waals surface area contributed by atoms with Gasteiger partial charge in [-0.1, -0.05) is 35.3 Å². The molecule has 0 fully saturated rings. The van der Waals surface area contributed by atoms with E-state index < -0.39 is 23.8 Å². The molecule has 0 bridgehead atoms. The van der Waals surface area contributed by atoms with E-state index >= 15 is 0 Å². The molecule has 1 aliphatic heterocycles. The second kappa shape index (κ2) is 7.33. The maximum atomic E-state index is 13.2. The lowest BCUT2D eigenvalue weighted by Crippen LogP contribution is -2.40. The van der Waals surface area contributed by atoms with Gasteiger partial charge in [-0.25, -0.2) is 4.79 Å². The van der Waals surface area contributed by atoms with Gasteiger partial charge in [-0.3, -0.25) is 0 Å². The van der Waals surface area contributed by atoms with E-state index in [0.29, 0.717) is 22.0 Å². The second-order valence-electron chi connectivity index (χ2n) is 6.58. The van der Waals surface area contributed by atoms with E-state index in [1.165, 1.54) is 12.1 Å². The number of hydrogen-bond acceptors (Lipinski definition) is 2. The van der Waals surface area contributed by atoms with Gasteiger partial charge in [0.1, 0.15) is 5.75 Å². The van der Waals surface area contributed by atoms with Gasteiger partial charge < -0.3 is 9.84 Å². The summed E-state index contributed by atoms with van der Waals surface area (Å²) >= 11 is 12.6. The zero-order valence-electron chi connectivity index (χ0n) is 14.8. The van der Waals surface area contributed by atoms with Gasteiger partial charge in [0.05, 0.1) is 5.57 Å². The summed E-state index contributed by atoms with van der Waals surface area (Å²) in [6.07, 6.45) is -6.11. The highest BCUT2D eigenvalue weighted by Crippen LogP contribution is 2.40. The van der Waals surface area contributed by atoms with Crippen LogP contribution in [-0.2, 0) is 11.2 Å². The minimum Gasteiger partial charge on any atom is -0.478 e. The number of carboxylic acid groups (broad SMARTS) is 1. The van der Waals surface area contributed by atoms with Crippen LogP contribution in [0.4, 0.5) is 13.2 Å². The molecule has 0 saturated heterocycles. The summed E-state index contributed by atoms with van der Waals surface area (Å²) in [5, 5.41) is 10.0. The molecule has 1 N–H and O–H groups in total. The number of aliphatic carboxylic acids is 1. The molecule has 0 aromatic heterocycles. The van der Waals surface area contributed by atoms with Gasteiger partial charge in [-0.05, 0) is 60.7 Å². The number of hydrogen-bond donors (Lipinski definition) is 1. The van der Waals surface area contributed by atoms with Gasteiger partial charge in [0.2, 0.25) is 6.10 Å². The molecule has 8 heteroatoms. The van der Waals surface area contributed by atoms with Crippen molar-refractivity contribution in [2.24, 2.45) is 0 Å². The van der Waals surface area contributed by atoms with Crippen molar-refractivity contribution in [3.05, 3.63) is 67.7 Å². The summed E-state index contributed by atoms with van der Waals surface area (Å²) in [5.41, 5.74) is 2.51. The third kappa shape index (κ3) is 3.84. The average molecular weight is 431 g/mol. The Morgan fingerprint density at radius 2 is 1.86 bits per heavy atom. The molecule has 1 unspecified atom stereocenters. The van der Waals surface area contributed by atoms with E-state index in [0.717, 1.165) is 22.8 Å². The first-order valence-corrected chi connectivity index (χ1v) is 9.00. The molecule has 0 aliphatic carbocycles. The van der Waals surface area contributed by atoms with Crippen molar-refractivity contribution in [2.45, 2.75) is 32.5 Å². The first-order valence-electron chi connectivity index (χ1n) is 8.24. The largest absolute Gasteiger partial charge is 0.478 e. The van der Waals surface area contributed by atoms with Crippen LogP contribution in [0, 0.1) is 13.8 Å². The van der Waals surface area contributed by atoms with Crippen LogP contribution in [0.25, 0.3) is 6.08 Å². The van der Waals surface area contributed by atoms with Gasteiger partial charge in [0.15, 0.2) is 0 Å². The van der Waals surface area contributed by atoms with Gasteiger partial charge in [0.25, 0.3) is 0 Å². The molecule has 3 rings (SSSR count). The first-order chi connectivity index (χ1) is 13.0. The van der Waals surface area contributed by atoms with Gasteiger partial charge in [0, 0.05) is 15.6 Å². The van der Waals surface area contributed by atoms with Crippen LogP contribution < -0.4 is 4.74 Å². The van der Waals surface area contributed by atoms with E-state index in [9.17, 15) is 18.0 Å². The summed E-state index contributed by atoms with van der Waals surface area (Å²) in [4.78, 5) is 11.2. The van der Waals surface area contributed by atoms with Crippen molar-refractivity contribution in [3.8, 4) is 5.75 Å². The Balaban J connectivity index is 2.04. The molecule has 0 saturated carbocycles. The molecule has 0 spiro atoms. The molecule has 1 heterocycles. The van der Waals surface area contributed by atoms with E-state index in [4.69, 9.17) is 33.0 Å². The molecule has 3 nitrogen and oxygen atoms in total. The quantitative estimate of drug-likeness (QED) is 0.649. The zero-order valence-corrected chi connectivity index (χ0v) is 16.3. The van der Waals surface area contributed by atoms with Crippen molar-refractivity contribution in [2.75, 3.05) is 0 Å². The van der Waals surface area contributed by atoms with Crippen molar-refractivity contribution in [3.63, 3.8) is 0 Å². The van der Waals surface area contributed by atoms with Crippen LogP contribution in [0.1, 0.15) is 27.8 Å². The van der Waals surface area contributed by atoms with Crippen molar-refractivity contribution in [1.29, 1.82) is 0 Å². The fraction of sp³-hybridized carbons (Fsp3) is 0.250. The third-order valence-corrected chi connectivity index (χ3v) is 5.57. The maximum absolute atomic E-state index is 13.2. The van der Waals surface area contributed by atoms with Gasteiger partial charge in [-0.2, -0.15) is 13.2 Å². The number of alkyl halides is 3. The summed E-state index contributed by atoms with van der Waals surface area (Å²) < 4.78 is 44.7. The zero-order chi connectivity index (χ0) is 20.8. The van der Waals surface area contributed by atoms with E-state index in [1.54, 1.807) is 0 Å². The molecular weight excluding hydrogens is 416 g/mol. The van der Waals surface area contributed by atoms with E-state index in [1.807, 2.05) is 26.0 Å². The summed E-state index contributed by atoms with van der Waals surface area (Å²) in [5.74, 6) is -1.76. The Bertz CT molecular complexity index is 997. The van der Waals surface area contributed by atoms with Gasteiger partial charge >= 0.3 is 12.1 Å². The Morgan fingerprint density at radius 1 is 1.18 bits per heavy atom. The minimum absolute atomic E-state index is 0.0670. The first kappa shape index (κ1) is 20.6. The van der Waals surface area contributed by atoms with Crippen LogP contribution in [0.15, 0.2) is 29.8 Å². The average Bonchev–Trinajstić information content (AvgIpc) is 2.60. The predicted molar refractivity (Wildman–Crippen MR) is 101 cm³/mol. The van der Waals surface area contributed by atoms with E-state index in [2.05, 4.69) is 0 Å². The Morgan fingerprint density at radius 3 is 2.46 bits per heavy atom. The second-order valence-corrected chi connectivity index (χ2v) is 7.37. The molecular formula is C20H15Cl2F3O3. The van der Waals surface area contributed by atoms with Crippen molar-refractivity contribution in [1.82, 2.24) is 0 Å². The fourth-order valence-corrected chi connectivity index (χ4v) is 3.49. The molecule has 148 valence electrons. The highest BCUT2D eigenvalue weighted by atomic mass is 35.5. The maximum Gasteiger partial charge on any atom is 0.430 e. The Labute approximate surface area is 169 Å². The highest BCUT2D eigenvalue weighted by molar-refractivity contribution is 6.32. The number of aryl methyl sites for hydroxylation is 1.